The van der Waals surface area contributed by atoms with E-state index in [1.54, 1.807) is 6.20 Å². The molecule has 1 unspecified atom stereocenters. The third kappa shape index (κ3) is 5.96. The maximum atomic E-state index is 10.8. The van der Waals surface area contributed by atoms with Gasteiger partial charge in [-0.1, -0.05) is 31.2 Å². The molecule has 35 heavy (non-hydrogen) atoms. The van der Waals surface area contributed by atoms with Crippen LogP contribution >= 0.6 is 0 Å². The fourth-order valence-corrected chi connectivity index (χ4v) is 4.09. The normalized spacial score (nSPS) is 11.9. The van der Waals surface area contributed by atoms with Crippen LogP contribution in [0, 0.1) is 13.8 Å². The van der Waals surface area contributed by atoms with E-state index in [9.17, 15) is 4.79 Å². The SMILES string of the molecule is CCC(COc1ccc(CCC(=O)O)c(C)c1)c1nc(-c2ccc(-c3ccccn3)cc2)oc1C. The summed E-state index contributed by atoms with van der Waals surface area (Å²) in [4.78, 5) is 20.1. The zero-order valence-corrected chi connectivity index (χ0v) is 20.3. The number of aliphatic carboxylic acids is 1. The third-order valence-corrected chi connectivity index (χ3v) is 6.18. The first-order valence-corrected chi connectivity index (χ1v) is 11.9. The lowest BCUT2D eigenvalue weighted by Gasteiger charge is -2.15. The fraction of sp³-hybridized carbons (Fsp3) is 0.276. The highest BCUT2D eigenvalue weighted by Gasteiger charge is 2.20. The Balaban J connectivity index is 1.44. The van der Waals surface area contributed by atoms with Crippen LogP contribution in [0.5, 0.6) is 5.75 Å². The molecule has 0 fully saturated rings. The van der Waals surface area contributed by atoms with Gasteiger partial charge >= 0.3 is 5.97 Å². The smallest absolute Gasteiger partial charge is 0.303 e. The summed E-state index contributed by atoms with van der Waals surface area (Å²) in [5, 5.41) is 8.92. The fourth-order valence-electron chi connectivity index (χ4n) is 4.09. The Morgan fingerprint density at radius 1 is 1.06 bits per heavy atom. The number of hydrogen-bond donors (Lipinski definition) is 1. The predicted molar refractivity (Wildman–Crippen MR) is 136 cm³/mol. The maximum Gasteiger partial charge on any atom is 0.303 e. The number of carboxylic acids is 1. The molecular formula is C29H30N2O4. The highest BCUT2D eigenvalue weighted by molar-refractivity contribution is 5.67. The summed E-state index contributed by atoms with van der Waals surface area (Å²) < 4.78 is 12.1. The number of aryl methyl sites for hydroxylation is 3. The molecule has 2 aromatic carbocycles. The Morgan fingerprint density at radius 3 is 2.49 bits per heavy atom. The standard InChI is InChI=1S/C29H30N2O4/c1-4-21(18-34-25-14-12-22(19(2)17-25)13-15-27(32)33)28-20(3)35-29(31-28)24-10-8-23(9-11-24)26-7-5-6-16-30-26/h5-12,14,16-17,21H,4,13,15,18H2,1-3H3,(H,32,33). The summed E-state index contributed by atoms with van der Waals surface area (Å²) in [6, 6.07) is 19.7. The van der Waals surface area contributed by atoms with Gasteiger partial charge in [-0.25, -0.2) is 4.98 Å². The van der Waals surface area contributed by atoms with Crippen LogP contribution in [0.1, 0.15) is 48.3 Å². The van der Waals surface area contributed by atoms with E-state index in [1.165, 1.54) is 0 Å². The van der Waals surface area contributed by atoms with E-state index in [2.05, 4.69) is 11.9 Å². The number of rotatable bonds is 10. The van der Waals surface area contributed by atoms with Crippen molar-refractivity contribution in [1.82, 2.24) is 9.97 Å². The molecule has 4 rings (SSSR count). The van der Waals surface area contributed by atoms with Crippen molar-refractivity contribution in [2.24, 2.45) is 0 Å². The van der Waals surface area contributed by atoms with Crippen molar-refractivity contribution < 1.29 is 19.1 Å². The maximum absolute atomic E-state index is 10.8. The molecule has 4 aromatic rings. The molecule has 1 N–H and O–H groups in total. The quantitative estimate of drug-likeness (QED) is 0.281. The summed E-state index contributed by atoms with van der Waals surface area (Å²) in [5.41, 5.74) is 5.86. The molecule has 0 saturated carbocycles. The third-order valence-electron chi connectivity index (χ3n) is 6.18. The van der Waals surface area contributed by atoms with Crippen LogP contribution in [-0.4, -0.2) is 27.7 Å². The summed E-state index contributed by atoms with van der Waals surface area (Å²) in [7, 11) is 0. The molecule has 0 aliphatic rings. The van der Waals surface area contributed by atoms with Gasteiger partial charge in [0.15, 0.2) is 0 Å². The van der Waals surface area contributed by atoms with Crippen molar-refractivity contribution in [3.8, 4) is 28.5 Å². The minimum absolute atomic E-state index is 0.0901. The van der Waals surface area contributed by atoms with Crippen LogP contribution in [-0.2, 0) is 11.2 Å². The second-order valence-electron chi connectivity index (χ2n) is 8.65. The van der Waals surface area contributed by atoms with E-state index in [1.807, 2.05) is 74.5 Å². The average molecular weight is 471 g/mol. The molecule has 0 aliphatic carbocycles. The van der Waals surface area contributed by atoms with Crippen LogP contribution in [0.15, 0.2) is 71.3 Å². The summed E-state index contributed by atoms with van der Waals surface area (Å²) >= 11 is 0. The second-order valence-corrected chi connectivity index (χ2v) is 8.65. The van der Waals surface area contributed by atoms with Gasteiger partial charge in [0.05, 0.1) is 18.0 Å². The number of hydrogen-bond acceptors (Lipinski definition) is 5. The molecule has 180 valence electrons. The van der Waals surface area contributed by atoms with Gasteiger partial charge in [0.2, 0.25) is 5.89 Å². The second kappa shape index (κ2) is 11.0. The molecule has 0 aliphatic heterocycles. The van der Waals surface area contributed by atoms with Gasteiger partial charge in [-0.3, -0.25) is 9.78 Å². The molecule has 6 nitrogen and oxygen atoms in total. The molecule has 2 aromatic heterocycles. The van der Waals surface area contributed by atoms with E-state index in [0.29, 0.717) is 18.9 Å². The van der Waals surface area contributed by atoms with Crippen LogP contribution < -0.4 is 4.74 Å². The predicted octanol–water partition coefficient (Wildman–Crippen LogP) is 6.61. The first-order valence-electron chi connectivity index (χ1n) is 11.9. The molecule has 2 heterocycles. The molecule has 0 spiro atoms. The molecule has 6 heteroatoms. The van der Waals surface area contributed by atoms with E-state index >= 15 is 0 Å². The summed E-state index contributed by atoms with van der Waals surface area (Å²) in [6.45, 7) is 6.52. The van der Waals surface area contributed by atoms with Gasteiger partial charge in [-0.2, -0.15) is 0 Å². The molecular weight excluding hydrogens is 440 g/mol. The molecule has 0 bridgehead atoms. The van der Waals surface area contributed by atoms with Gasteiger partial charge in [0.25, 0.3) is 0 Å². The van der Waals surface area contributed by atoms with Crippen LogP contribution in [0.4, 0.5) is 0 Å². The number of pyridine rings is 1. The number of carboxylic acid groups (broad SMARTS) is 1. The largest absolute Gasteiger partial charge is 0.493 e. The summed E-state index contributed by atoms with van der Waals surface area (Å²) in [5.74, 6) is 1.47. The van der Waals surface area contributed by atoms with Crippen molar-refractivity contribution >= 4 is 5.97 Å². The van der Waals surface area contributed by atoms with Crippen LogP contribution in [0.2, 0.25) is 0 Å². The lowest BCUT2D eigenvalue weighted by Crippen LogP contribution is -2.11. The van der Waals surface area contributed by atoms with Gasteiger partial charge in [0.1, 0.15) is 11.5 Å². The monoisotopic (exact) mass is 470 g/mol. The number of oxazole rings is 1. The minimum atomic E-state index is -0.790. The average Bonchev–Trinajstić information content (AvgIpc) is 3.26. The molecule has 0 amide bonds. The van der Waals surface area contributed by atoms with Gasteiger partial charge in [-0.15, -0.1) is 0 Å². The topological polar surface area (TPSA) is 85.5 Å². The van der Waals surface area contributed by atoms with Crippen LogP contribution in [0.25, 0.3) is 22.7 Å². The highest BCUT2D eigenvalue weighted by atomic mass is 16.5. The zero-order valence-electron chi connectivity index (χ0n) is 20.3. The summed E-state index contributed by atoms with van der Waals surface area (Å²) in [6.07, 6.45) is 3.29. The number of benzene rings is 2. The van der Waals surface area contributed by atoms with Crippen LogP contribution in [0.3, 0.4) is 0 Å². The first-order chi connectivity index (χ1) is 16.9. The number of carbonyl (C=O) groups is 1. The van der Waals surface area contributed by atoms with E-state index in [-0.39, 0.29) is 12.3 Å². The van der Waals surface area contributed by atoms with E-state index in [4.69, 9.17) is 19.2 Å². The van der Waals surface area contributed by atoms with Crippen molar-refractivity contribution in [3.05, 3.63) is 89.4 Å². The number of ether oxygens (including phenoxy) is 1. The van der Waals surface area contributed by atoms with E-state index in [0.717, 1.165) is 51.6 Å². The number of nitrogens with zero attached hydrogens (tertiary/aromatic N) is 2. The van der Waals surface area contributed by atoms with Gasteiger partial charge in [0, 0.05) is 29.7 Å². The Bertz CT molecular complexity index is 1280. The Morgan fingerprint density at radius 2 is 1.83 bits per heavy atom. The lowest BCUT2D eigenvalue weighted by atomic mass is 10.0. The molecule has 1 atom stereocenters. The lowest BCUT2D eigenvalue weighted by molar-refractivity contribution is -0.136. The first kappa shape index (κ1) is 24.2. The Labute approximate surface area is 205 Å². The van der Waals surface area contributed by atoms with Crippen molar-refractivity contribution in [2.45, 2.75) is 46.0 Å². The van der Waals surface area contributed by atoms with Crippen molar-refractivity contribution in [2.75, 3.05) is 6.61 Å². The van der Waals surface area contributed by atoms with E-state index < -0.39 is 5.97 Å². The van der Waals surface area contributed by atoms with Crippen molar-refractivity contribution in [3.63, 3.8) is 0 Å². The Kier molecular flexibility index (Phi) is 7.60. The van der Waals surface area contributed by atoms with Gasteiger partial charge < -0.3 is 14.3 Å². The van der Waals surface area contributed by atoms with Crippen molar-refractivity contribution in [1.29, 1.82) is 0 Å². The number of aromatic nitrogens is 2. The highest BCUT2D eigenvalue weighted by Crippen LogP contribution is 2.30. The molecule has 0 saturated heterocycles. The van der Waals surface area contributed by atoms with Gasteiger partial charge in [-0.05, 0) is 74.2 Å². The molecule has 0 radical (unpaired) electrons. The minimum Gasteiger partial charge on any atom is -0.493 e. The zero-order chi connectivity index (χ0) is 24.8. The Hall–Kier alpha value is -3.93.